The molecule has 10 aromatic rings. The number of allylic oxidation sites excluding steroid dienone is 1. The lowest BCUT2D eigenvalue weighted by molar-refractivity contribution is 0.419. The van der Waals surface area contributed by atoms with E-state index < -0.39 is 0 Å². The van der Waals surface area contributed by atoms with Gasteiger partial charge in [0.2, 0.25) is 0 Å². The molecular weight excluding hydrogens is 733 g/mol. The van der Waals surface area contributed by atoms with Crippen molar-refractivity contribution in [1.29, 1.82) is 0 Å². The van der Waals surface area contributed by atoms with Gasteiger partial charge in [0.15, 0.2) is 11.5 Å². The molecule has 0 bridgehead atoms. The van der Waals surface area contributed by atoms with E-state index in [0.29, 0.717) is 28.8 Å². The summed E-state index contributed by atoms with van der Waals surface area (Å²) >= 11 is 0. The van der Waals surface area contributed by atoms with E-state index in [0.717, 1.165) is 67.2 Å². The molecule has 10 rings (SSSR count). The first-order valence-electron chi connectivity index (χ1n) is 19.7. The predicted molar refractivity (Wildman–Crippen MR) is 236 cm³/mol. The summed E-state index contributed by atoms with van der Waals surface area (Å²) in [5.74, 6) is 3.80. The monoisotopic (exact) mass is 774 g/mol. The highest BCUT2D eigenvalue weighted by atomic mass is 16.5. The summed E-state index contributed by atoms with van der Waals surface area (Å²) in [7, 11) is 0. The van der Waals surface area contributed by atoms with Gasteiger partial charge < -0.3 is 24.3 Å². The SMILES string of the molecule is CC/C=C(\N)n1c2ccccc2c2ccc(Oc3cc(-n4ccnc4)c(-n4ccnc4)cc3Oc3ccc4c5ccccc5n(-c5cc(C(C)(C)C)ccn5)c4c3)cc21. The van der Waals surface area contributed by atoms with Crippen molar-refractivity contribution in [3.05, 3.63) is 164 Å². The molecule has 0 saturated carbocycles. The van der Waals surface area contributed by atoms with Gasteiger partial charge in [-0.05, 0) is 72.0 Å². The van der Waals surface area contributed by atoms with E-state index in [1.807, 2.05) is 70.2 Å². The highest BCUT2D eigenvalue weighted by Gasteiger charge is 2.21. The predicted octanol–water partition coefficient (Wildman–Crippen LogP) is 11.7. The van der Waals surface area contributed by atoms with E-state index in [1.54, 1.807) is 25.0 Å². The zero-order chi connectivity index (χ0) is 40.3. The van der Waals surface area contributed by atoms with E-state index in [1.165, 1.54) is 5.56 Å². The zero-order valence-electron chi connectivity index (χ0n) is 33.2. The number of hydrogen-bond acceptors (Lipinski definition) is 6. The van der Waals surface area contributed by atoms with Crippen molar-refractivity contribution in [3.63, 3.8) is 0 Å². The zero-order valence-corrected chi connectivity index (χ0v) is 33.2. The standard InChI is InChI=1S/C49H42N8O2/c1-5-10-47(50)56-39-13-8-6-11-35(39)37-17-15-33(26-41(37)56)58-45-28-43(54-23-21-51-30-54)44(55-24-22-52-31-55)29-46(45)59-34-16-18-38-36-12-7-9-14-40(36)57(42(38)27-34)48-25-32(19-20-53-48)49(2,3)4/h6-31H,5,50H2,1-4H3/b47-10+. The number of para-hydroxylation sites is 2. The average Bonchev–Trinajstić information content (AvgIpc) is 4.07. The number of benzene rings is 5. The molecule has 2 N–H and O–H groups in total. The number of nitrogens with zero attached hydrogens (tertiary/aromatic N) is 7. The maximum Gasteiger partial charge on any atom is 0.172 e. The van der Waals surface area contributed by atoms with Crippen LogP contribution in [-0.2, 0) is 5.41 Å². The van der Waals surface area contributed by atoms with Crippen LogP contribution in [0.3, 0.4) is 0 Å². The van der Waals surface area contributed by atoms with Crippen LogP contribution in [0.25, 0.3) is 66.6 Å². The number of nitrogens with two attached hydrogens (primary N) is 1. The molecule has 0 aliphatic rings. The molecular formula is C49H42N8O2. The van der Waals surface area contributed by atoms with Crippen molar-refractivity contribution >= 4 is 49.4 Å². The number of aromatic nitrogens is 7. The third-order valence-corrected chi connectivity index (χ3v) is 10.9. The van der Waals surface area contributed by atoms with E-state index >= 15 is 0 Å². The Morgan fingerprint density at radius 3 is 1.78 bits per heavy atom. The molecule has 10 heteroatoms. The molecule has 59 heavy (non-hydrogen) atoms. The minimum absolute atomic E-state index is 0.0448. The van der Waals surface area contributed by atoms with Crippen molar-refractivity contribution in [2.24, 2.45) is 5.73 Å². The second-order valence-electron chi connectivity index (χ2n) is 15.7. The first-order chi connectivity index (χ1) is 28.7. The number of ether oxygens (including phenoxy) is 2. The van der Waals surface area contributed by atoms with Gasteiger partial charge in [0.1, 0.15) is 23.1 Å². The summed E-state index contributed by atoms with van der Waals surface area (Å²) in [6.07, 6.45) is 15.6. The van der Waals surface area contributed by atoms with Gasteiger partial charge in [-0.25, -0.2) is 15.0 Å². The Kier molecular flexibility index (Phi) is 8.56. The summed E-state index contributed by atoms with van der Waals surface area (Å²) in [5, 5.41) is 4.43. The molecule has 0 aliphatic heterocycles. The molecule has 0 aliphatic carbocycles. The van der Waals surface area contributed by atoms with Gasteiger partial charge in [0.25, 0.3) is 0 Å². The van der Waals surface area contributed by atoms with Crippen LogP contribution in [0, 0.1) is 0 Å². The fraction of sp³-hybridized carbons (Fsp3) is 0.122. The molecule has 5 heterocycles. The Morgan fingerprint density at radius 1 is 0.627 bits per heavy atom. The molecule has 0 spiro atoms. The third kappa shape index (κ3) is 6.26. The number of rotatable bonds is 9. The molecule has 0 fully saturated rings. The summed E-state index contributed by atoms with van der Waals surface area (Å²) in [6.45, 7) is 8.74. The molecule has 0 saturated heterocycles. The second-order valence-corrected chi connectivity index (χ2v) is 15.7. The molecule has 5 aromatic carbocycles. The van der Waals surface area contributed by atoms with Crippen LogP contribution in [0.15, 0.2) is 159 Å². The summed E-state index contributed by atoms with van der Waals surface area (Å²) in [6, 6.07) is 37.3. The van der Waals surface area contributed by atoms with Crippen LogP contribution in [0.1, 0.15) is 39.7 Å². The number of hydrogen-bond donors (Lipinski definition) is 1. The Labute approximate surface area is 341 Å². The molecule has 0 atom stereocenters. The first kappa shape index (κ1) is 35.8. The smallest absolute Gasteiger partial charge is 0.172 e. The topological polar surface area (TPSA) is 103 Å². The molecule has 10 nitrogen and oxygen atoms in total. The van der Waals surface area contributed by atoms with Crippen LogP contribution in [-0.4, -0.2) is 33.2 Å². The minimum Gasteiger partial charge on any atom is -0.453 e. The largest absolute Gasteiger partial charge is 0.453 e. The Balaban J connectivity index is 1.15. The Bertz CT molecular complexity index is 3200. The maximum absolute atomic E-state index is 6.94. The van der Waals surface area contributed by atoms with Crippen LogP contribution in [0.2, 0.25) is 0 Å². The quantitative estimate of drug-likeness (QED) is 0.157. The Hall–Kier alpha value is -7.59. The normalized spacial score (nSPS) is 12.3. The van der Waals surface area contributed by atoms with Crippen molar-refractivity contribution in [3.8, 4) is 40.2 Å². The first-order valence-corrected chi connectivity index (χ1v) is 19.7. The molecule has 5 aromatic heterocycles. The van der Waals surface area contributed by atoms with Gasteiger partial charge in [-0.1, -0.05) is 64.1 Å². The maximum atomic E-state index is 6.94. The van der Waals surface area contributed by atoms with Crippen molar-refractivity contribution in [2.45, 2.75) is 39.5 Å². The van der Waals surface area contributed by atoms with Gasteiger partial charge in [-0.2, -0.15) is 0 Å². The summed E-state index contributed by atoms with van der Waals surface area (Å²) < 4.78 is 22.1. The highest BCUT2D eigenvalue weighted by Crippen LogP contribution is 2.43. The average molecular weight is 775 g/mol. The summed E-state index contributed by atoms with van der Waals surface area (Å²) in [4.78, 5) is 13.6. The van der Waals surface area contributed by atoms with E-state index in [-0.39, 0.29) is 5.41 Å². The lowest BCUT2D eigenvalue weighted by Crippen LogP contribution is -2.12. The lowest BCUT2D eigenvalue weighted by atomic mass is 9.88. The van der Waals surface area contributed by atoms with Gasteiger partial charge in [-0.15, -0.1) is 0 Å². The van der Waals surface area contributed by atoms with Crippen LogP contribution in [0.5, 0.6) is 23.0 Å². The molecule has 0 amide bonds. The Morgan fingerprint density at radius 2 is 1.19 bits per heavy atom. The molecule has 0 unspecified atom stereocenters. The fourth-order valence-corrected chi connectivity index (χ4v) is 8.03. The van der Waals surface area contributed by atoms with Crippen LogP contribution < -0.4 is 15.2 Å². The van der Waals surface area contributed by atoms with Gasteiger partial charge >= 0.3 is 0 Å². The van der Waals surface area contributed by atoms with Gasteiger partial charge in [-0.3, -0.25) is 9.13 Å². The van der Waals surface area contributed by atoms with E-state index in [4.69, 9.17) is 20.2 Å². The van der Waals surface area contributed by atoms with E-state index in [9.17, 15) is 0 Å². The second kappa shape index (κ2) is 14.1. The number of pyridine rings is 1. The van der Waals surface area contributed by atoms with Gasteiger partial charge in [0.05, 0.1) is 46.1 Å². The lowest BCUT2D eigenvalue weighted by Gasteiger charge is -2.20. The van der Waals surface area contributed by atoms with Crippen molar-refractivity contribution in [1.82, 2.24) is 33.2 Å². The van der Waals surface area contributed by atoms with Crippen LogP contribution >= 0.6 is 0 Å². The number of imidazole rings is 2. The van der Waals surface area contributed by atoms with Crippen molar-refractivity contribution < 1.29 is 9.47 Å². The minimum atomic E-state index is -0.0448. The van der Waals surface area contributed by atoms with Crippen molar-refractivity contribution in [2.75, 3.05) is 0 Å². The van der Waals surface area contributed by atoms with Crippen LogP contribution in [0.4, 0.5) is 0 Å². The molecule has 290 valence electrons. The number of fused-ring (bicyclic) bond motifs is 6. The third-order valence-electron chi connectivity index (χ3n) is 10.9. The molecule has 0 radical (unpaired) electrons. The van der Waals surface area contributed by atoms with E-state index in [2.05, 4.69) is 120 Å². The van der Waals surface area contributed by atoms with Gasteiger partial charge in [0, 0.05) is 76.8 Å². The summed E-state index contributed by atoms with van der Waals surface area (Å²) in [5.41, 5.74) is 13.5. The highest BCUT2D eigenvalue weighted by molar-refractivity contribution is 6.11. The fourth-order valence-electron chi connectivity index (χ4n) is 8.03.